The Morgan fingerprint density at radius 2 is 1.61 bits per heavy atom. The molecule has 4 rings (SSSR count). The first-order valence-corrected chi connectivity index (χ1v) is 9.07. The molecule has 5 nitrogen and oxygen atoms in total. The van der Waals surface area contributed by atoms with Crippen LogP contribution < -0.4 is 10.4 Å². The molecule has 5 heteroatoms. The number of aromatic amines is 1. The number of rotatable bonds is 5. The van der Waals surface area contributed by atoms with E-state index in [9.17, 15) is 10.0 Å². The summed E-state index contributed by atoms with van der Waals surface area (Å²) in [6.07, 6.45) is 1.93. The van der Waals surface area contributed by atoms with Gasteiger partial charge >= 0.3 is 0 Å². The predicted molar refractivity (Wildman–Crippen MR) is 111 cm³/mol. The minimum Gasteiger partial charge on any atom is -0.361 e. The summed E-state index contributed by atoms with van der Waals surface area (Å²) in [6.45, 7) is 0. The van der Waals surface area contributed by atoms with Gasteiger partial charge in [-0.3, -0.25) is 10.0 Å². The lowest BCUT2D eigenvalue weighted by molar-refractivity contribution is -0.129. The van der Waals surface area contributed by atoms with Crippen LogP contribution in [0.3, 0.4) is 0 Å². The third kappa shape index (κ3) is 3.35. The smallest absolute Gasteiger partial charge is 0.255 e. The fraction of sp³-hybridized carbons (Fsp3) is 0.0870. The van der Waals surface area contributed by atoms with Crippen LogP contribution in [-0.4, -0.2) is 23.1 Å². The van der Waals surface area contributed by atoms with Crippen molar-refractivity contribution in [1.82, 2.24) is 10.5 Å². The first kappa shape index (κ1) is 17.8. The maximum absolute atomic E-state index is 12.3. The summed E-state index contributed by atoms with van der Waals surface area (Å²) in [5.74, 6) is -1.02. The second-order valence-corrected chi connectivity index (χ2v) is 6.72. The van der Waals surface area contributed by atoms with Gasteiger partial charge in [-0.2, -0.15) is 0 Å². The van der Waals surface area contributed by atoms with E-state index >= 15 is 0 Å². The van der Waals surface area contributed by atoms with Crippen LogP contribution in [0.25, 0.3) is 10.9 Å². The molecule has 1 atom stereocenters. The molecule has 0 aliphatic carbocycles. The number of benzene rings is 3. The molecule has 0 saturated carbocycles. The van der Waals surface area contributed by atoms with Crippen LogP contribution >= 0.6 is 0 Å². The van der Waals surface area contributed by atoms with Gasteiger partial charge in [0.25, 0.3) is 5.91 Å². The van der Waals surface area contributed by atoms with Gasteiger partial charge in [-0.05, 0) is 47.5 Å². The number of H-pyrrole nitrogens is 1. The van der Waals surface area contributed by atoms with E-state index in [1.165, 1.54) is 0 Å². The molecule has 3 N–H and O–H groups in total. The number of anilines is 2. The summed E-state index contributed by atoms with van der Waals surface area (Å²) >= 11 is 0. The Kier molecular flexibility index (Phi) is 4.83. The largest absolute Gasteiger partial charge is 0.361 e. The molecule has 0 fully saturated rings. The number of amides is 1. The Bertz CT molecular complexity index is 1090. The second kappa shape index (κ2) is 7.58. The molecule has 0 saturated heterocycles. The summed E-state index contributed by atoms with van der Waals surface area (Å²) in [5, 5.41) is 10.3. The van der Waals surface area contributed by atoms with E-state index in [-0.39, 0.29) is 0 Å². The Morgan fingerprint density at radius 3 is 2.32 bits per heavy atom. The van der Waals surface area contributed by atoms with Gasteiger partial charge in [0.1, 0.15) is 0 Å². The van der Waals surface area contributed by atoms with Crippen molar-refractivity contribution in [3.8, 4) is 0 Å². The van der Waals surface area contributed by atoms with Crippen molar-refractivity contribution in [3.05, 3.63) is 96.2 Å². The molecular formula is C23H21N3O2. The molecule has 1 unspecified atom stereocenters. The Balaban J connectivity index is 1.64. The normalized spacial score (nSPS) is 11.9. The molecule has 28 heavy (non-hydrogen) atoms. The predicted octanol–water partition coefficient (Wildman–Crippen LogP) is 4.57. The molecule has 1 heterocycles. The van der Waals surface area contributed by atoms with Crippen LogP contribution in [0.2, 0.25) is 0 Å². The zero-order valence-electron chi connectivity index (χ0n) is 15.5. The lowest BCUT2D eigenvalue weighted by Gasteiger charge is -2.21. The van der Waals surface area contributed by atoms with Crippen molar-refractivity contribution >= 4 is 28.2 Å². The molecule has 1 amide bonds. The summed E-state index contributed by atoms with van der Waals surface area (Å²) < 4.78 is 0. The van der Waals surface area contributed by atoms with Gasteiger partial charge < -0.3 is 9.88 Å². The highest BCUT2D eigenvalue weighted by Gasteiger charge is 2.22. The highest BCUT2D eigenvalue weighted by atomic mass is 16.5. The SMILES string of the molecule is CN(c1ccc(C(C(=O)NO)c2ccccc2)cc1)c1ccc2[nH]ccc2c1. The number of hydrogen-bond donors (Lipinski definition) is 3. The summed E-state index contributed by atoms with van der Waals surface area (Å²) in [4.78, 5) is 17.6. The third-order valence-electron chi connectivity index (χ3n) is 5.04. The first-order valence-electron chi connectivity index (χ1n) is 9.07. The molecule has 0 spiro atoms. The van der Waals surface area contributed by atoms with Crippen molar-refractivity contribution < 1.29 is 10.0 Å². The number of nitrogens with zero attached hydrogens (tertiary/aromatic N) is 1. The molecule has 4 aromatic rings. The second-order valence-electron chi connectivity index (χ2n) is 6.72. The summed E-state index contributed by atoms with van der Waals surface area (Å²) in [6, 6.07) is 25.5. The number of nitrogens with one attached hydrogen (secondary N) is 2. The van der Waals surface area contributed by atoms with Crippen LogP contribution in [0.1, 0.15) is 17.0 Å². The molecule has 3 aromatic carbocycles. The Hall–Kier alpha value is -3.57. The average molecular weight is 371 g/mol. The Morgan fingerprint density at radius 1 is 0.929 bits per heavy atom. The molecule has 0 aliphatic heterocycles. The lowest BCUT2D eigenvalue weighted by atomic mass is 9.90. The fourth-order valence-electron chi connectivity index (χ4n) is 3.49. The molecule has 140 valence electrons. The highest BCUT2D eigenvalue weighted by Crippen LogP contribution is 2.30. The quantitative estimate of drug-likeness (QED) is 0.355. The van der Waals surface area contributed by atoms with Crippen molar-refractivity contribution in [2.24, 2.45) is 0 Å². The standard InChI is InChI=1S/C23H21N3O2/c1-26(20-11-12-21-18(15-20)13-14-24-21)19-9-7-17(8-10-19)22(23(27)25-28)16-5-3-2-4-6-16/h2-15,22,24,28H,1H3,(H,25,27). The molecule has 1 aromatic heterocycles. The van der Waals surface area contributed by atoms with E-state index in [1.807, 2.05) is 73.9 Å². The Labute approximate surface area is 163 Å². The minimum absolute atomic E-state index is 0.454. The third-order valence-corrected chi connectivity index (χ3v) is 5.04. The van der Waals surface area contributed by atoms with Crippen LogP contribution in [0, 0.1) is 0 Å². The van der Waals surface area contributed by atoms with Crippen LogP contribution in [0.15, 0.2) is 85.1 Å². The molecular weight excluding hydrogens is 350 g/mol. The van der Waals surface area contributed by atoms with Gasteiger partial charge in [-0.15, -0.1) is 0 Å². The van der Waals surface area contributed by atoms with Gasteiger partial charge in [0.05, 0.1) is 5.92 Å². The topological polar surface area (TPSA) is 68.4 Å². The number of fused-ring (bicyclic) bond motifs is 1. The average Bonchev–Trinajstić information content (AvgIpc) is 3.22. The van der Waals surface area contributed by atoms with E-state index < -0.39 is 11.8 Å². The van der Waals surface area contributed by atoms with Crippen LogP contribution in [0.5, 0.6) is 0 Å². The van der Waals surface area contributed by atoms with E-state index in [1.54, 1.807) is 5.48 Å². The number of hydroxylamine groups is 1. The van der Waals surface area contributed by atoms with E-state index in [4.69, 9.17) is 0 Å². The van der Waals surface area contributed by atoms with Crippen molar-refractivity contribution in [3.63, 3.8) is 0 Å². The highest BCUT2D eigenvalue weighted by molar-refractivity contribution is 5.87. The zero-order chi connectivity index (χ0) is 19.5. The van der Waals surface area contributed by atoms with Crippen molar-refractivity contribution in [2.75, 3.05) is 11.9 Å². The van der Waals surface area contributed by atoms with Gasteiger partial charge in [0.15, 0.2) is 0 Å². The molecule has 0 bridgehead atoms. The summed E-state index contributed by atoms with van der Waals surface area (Å²) in [5.41, 5.74) is 6.62. The van der Waals surface area contributed by atoms with Gasteiger partial charge in [0.2, 0.25) is 0 Å². The zero-order valence-corrected chi connectivity index (χ0v) is 15.5. The number of carbonyl (C=O) groups is 1. The van der Waals surface area contributed by atoms with E-state index in [0.717, 1.165) is 33.4 Å². The van der Waals surface area contributed by atoms with Gasteiger partial charge in [0, 0.05) is 35.5 Å². The molecule has 0 aliphatic rings. The van der Waals surface area contributed by atoms with Gasteiger partial charge in [-0.1, -0.05) is 42.5 Å². The van der Waals surface area contributed by atoms with Crippen molar-refractivity contribution in [2.45, 2.75) is 5.92 Å². The number of hydrogen-bond acceptors (Lipinski definition) is 3. The summed E-state index contributed by atoms with van der Waals surface area (Å²) in [7, 11) is 2.01. The lowest BCUT2D eigenvalue weighted by Crippen LogP contribution is -2.27. The maximum atomic E-state index is 12.3. The maximum Gasteiger partial charge on any atom is 0.255 e. The number of carbonyl (C=O) groups excluding carboxylic acids is 1. The monoisotopic (exact) mass is 371 g/mol. The van der Waals surface area contributed by atoms with E-state index in [2.05, 4.69) is 28.1 Å². The van der Waals surface area contributed by atoms with Gasteiger partial charge in [-0.25, -0.2) is 5.48 Å². The van der Waals surface area contributed by atoms with E-state index in [0.29, 0.717) is 0 Å². The first-order chi connectivity index (χ1) is 13.7. The van der Waals surface area contributed by atoms with Crippen LogP contribution in [0.4, 0.5) is 11.4 Å². The minimum atomic E-state index is -0.568. The van der Waals surface area contributed by atoms with Crippen LogP contribution in [-0.2, 0) is 4.79 Å². The number of aromatic nitrogens is 1. The fourth-order valence-corrected chi connectivity index (χ4v) is 3.49. The molecule has 0 radical (unpaired) electrons. The van der Waals surface area contributed by atoms with Crippen molar-refractivity contribution in [1.29, 1.82) is 0 Å².